The molecule has 2 nitrogen and oxygen atoms in total. The number of alkyl halides is 5. The molecule has 4 aliphatic carbocycles. The van der Waals surface area contributed by atoms with Crippen molar-refractivity contribution >= 4 is 21.9 Å². The van der Waals surface area contributed by atoms with E-state index in [-0.39, 0.29) is 0 Å². The van der Waals surface area contributed by atoms with Gasteiger partial charge in [0.1, 0.15) is 0 Å². The molecular weight excluding hydrogens is 368 g/mol. The SMILES string of the molecule is O=C(OCCC(F)(F)C(F)(F)Br)C12CC3CC(CC(C3)C1)C2. The summed E-state index contributed by atoms with van der Waals surface area (Å²) in [5.41, 5.74) is -0.541. The highest BCUT2D eigenvalue weighted by atomic mass is 79.9. The predicted molar refractivity (Wildman–Crippen MR) is 75.0 cm³/mol. The fourth-order valence-electron chi connectivity index (χ4n) is 4.93. The Morgan fingerprint density at radius 2 is 1.50 bits per heavy atom. The first-order chi connectivity index (χ1) is 10.1. The van der Waals surface area contributed by atoms with Gasteiger partial charge in [-0.3, -0.25) is 4.79 Å². The first-order valence-electron chi connectivity index (χ1n) is 7.73. The summed E-state index contributed by atoms with van der Waals surface area (Å²) >= 11 is 1.67. The third-order valence-electron chi connectivity index (χ3n) is 5.54. The smallest absolute Gasteiger partial charge is 0.363 e. The Kier molecular flexibility index (Phi) is 4.02. The number of halogens is 5. The normalized spacial score (nSPS) is 37.4. The van der Waals surface area contributed by atoms with Gasteiger partial charge in [-0.15, -0.1) is 0 Å². The number of hydrogen-bond donors (Lipinski definition) is 0. The molecule has 0 aromatic heterocycles. The van der Waals surface area contributed by atoms with E-state index in [1.807, 2.05) is 0 Å². The molecular formula is C15H19BrF4O2. The van der Waals surface area contributed by atoms with E-state index in [0.29, 0.717) is 17.8 Å². The largest absolute Gasteiger partial charge is 0.465 e. The maximum Gasteiger partial charge on any atom is 0.363 e. The van der Waals surface area contributed by atoms with Gasteiger partial charge in [0.25, 0.3) is 0 Å². The lowest BCUT2D eigenvalue weighted by Crippen LogP contribution is -2.50. The van der Waals surface area contributed by atoms with Crippen molar-refractivity contribution in [1.82, 2.24) is 0 Å². The van der Waals surface area contributed by atoms with E-state index in [0.717, 1.165) is 38.5 Å². The summed E-state index contributed by atoms with van der Waals surface area (Å²) in [6, 6.07) is 0. The third-order valence-corrected chi connectivity index (χ3v) is 6.12. The maximum atomic E-state index is 13.2. The van der Waals surface area contributed by atoms with Crippen molar-refractivity contribution in [3.63, 3.8) is 0 Å². The van der Waals surface area contributed by atoms with Crippen LogP contribution in [0.4, 0.5) is 17.6 Å². The Labute approximate surface area is 135 Å². The number of carbonyl (C=O) groups is 1. The molecule has 0 aromatic carbocycles. The van der Waals surface area contributed by atoms with Crippen molar-refractivity contribution in [1.29, 1.82) is 0 Å². The summed E-state index contributed by atoms with van der Waals surface area (Å²) in [6.07, 6.45) is 4.58. The van der Waals surface area contributed by atoms with Crippen LogP contribution in [-0.4, -0.2) is 23.3 Å². The van der Waals surface area contributed by atoms with Crippen LogP contribution >= 0.6 is 15.9 Å². The van der Waals surface area contributed by atoms with E-state index in [2.05, 4.69) is 0 Å². The first kappa shape index (κ1) is 16.5. The predicted octanol–water partition coefficient (Wildman–Crippen LogP) is 4.76. The van der Waals surface area contributed by atoms with Gasteiger partial charge >= 0.3 is 16.7 Å². The minimum Gasteiger partial charge on any atom is -0.465 e. The number of carbonyl (C=O) groups excluding carboxylic acids is 1. The summed E-state index contributed by atoms with van der Waals surface area (Å²) < 4.78 is 56.6. The Morgan fingerprint density at radius 1 is 1.05 bits per heavy atom. The summed E-state index contributed by atoms with van der Waals surface area (Å²) in [5, 5.41) is 0. The number of hydrogen-bond acceptors (Lipinski definition) is 2. The minimum atomic E-state index is -4.28. The molecule has 0 aromatic rings. The van der Waals surface area contributed by atoms with Gasteiger partial charge in [-0.2, -0.15) is 17.6 Å². The van der Waals surface area contributed by atoms with Gasteiger partial charge in [-0.05, 0) is 72.2 Å². The molecule has 0 amide bonds. The van der Waals surface area contributed by atoms with Gasteiger partial charge in [-0.25, -0.2) is 0 Å². The molecule has 0 radical (unpaired) electrons. The van der Waals surface area contributed by atoms with Crippen LogP contribution in [0, 0.1) is 23.2 Å². The average molecular weight is 387 g/mol. The average Bonchev–Trinajstić information content (AvgIpc) is 2.35. The molecule has 126 valence electrons. The molecule has 22 heavy (non-hydrogen) atoms. The first-order valence-corrected chi connectivity index (χ1v) is 8.52. The number of esters is 1. The molecule has 0 unspecified atom stereocenters. The molecule has 4 fully saturated rings. The van der Waals surface area contributed by atoms with Crippen molar-refractivity contribution < 1.29 is 27.1 Å². The van der Waals surface area contributed by atoms with E-state index in [1.54, 1.807) is 15.9 Å². The molecule has 0 spiro atoms. The quantitative estimate of drug-likeness (QED) is 0.386. The molecule has 4 rings (SSSR count). The molecule has 0 N–H and O–H groups in total. The topological polar surface area (TPSA) is 26.3 Å². The fourth-order valence-corrected chi connectivity index (χ4v) is 5.13. The zero-order chi connectivity index (χ0) is 16.2. The van der Waals surface area contributed by atoms with E-state index < -0.39 is 35.2 Å². The van der Waals surface area contributed by atoms with Gasteiger partial charge in [0.2, 0.25) is 0 Å². The fraction of sp³-hybridized carbons (Fsp3) is 0.933. The van der Waals surface area contributed by atoms with E-state index >= 15 is 0 Å². The van der Waals surface area contributed by atoms with Crippen LogP contribution in [0.15, 0.2) is 0 Å². The monoisotopic (exact) mass is 386 g/mol. The summed E-state index contributed by atoms with van der Waals surface area (Å²) in [6.45, 7) is -0.672. The van der Waals surface area contributed by atoms with E-state index in [1.165, 1.54) is 0 Å². The minimum absolute atomic E-state index is 0.458. The van der Waals surface area contributed by atoms with Gasteiger partial charge < -0.3 is 4.74 Å². The highest BCUT2D eigenvalue weighted by molar-refractivity contribution is 9.10. The van der Waals surface area contributed by atoms with Crippen molar-refractivity contribution in [3.05, 3.63) is 0 Å². The third kappa shape index (κ3) is 2.89. The number of rotatable bonds is 5. The Hall–Kier alpha value is -0.330. The van der Waals surface area contributed by atoms with Crippen molar-refractivity contribution in [2.45, 2.75) is 55.7 Å². The second-order valence-corrected chi connectivity index (χ2v) is 8.28. The second-order valence-electron chi connectivity index (χ2n) is 7.29. The van der Waals surface area contributed by atoms with E-state index in [9.17, 15) is 22.4 Å². The highest BCUT2D eigenvalue weighted by Gasteiger charge is 2.56. The van der Waals surface area contributed by atoms with Crippen molar-refractivity contribution in [2.75, 3.05) is 6.61 Å². The van der Waals surface area contributed by atoms with Gasteiger partial charge in [0.15, 0.2) is 0 Å². The van der Waals surface area contributed by atoms with Crippen LogP contribution in [0.3, 0.4) is 0 Å². The summed E-state index contributed by atoms with van der Waals surface area (Å²) in [4.78, 5) is 8.08. The molecule has 0 heterocycles. The number of ether oxygens (including phenoxy) is 1. The molecule has 4 saturated carbocycles. The Balaban J connectivity index is 1.57. The van der Waals surface area contributed by atoms with Gasteiger partial charge in [0.05, 0.1) is 18.4 Å². The second kappa shape index (κ2) is 5.35. The van der Waals surface area contributed by atoms with Crippen LogP contribution in [0.1, 0.15) is 44.9 Å². The molecule has 4 bridgehead atoms. The zero-order valence-corrected chi connectivity index (χ0v) is 13.7. The van der Waals surface area contributed by atoms with Crippen LogP contribution in [0.5, 0.6) is 0 Å². The van der Waals surface area contributed by atoms with Crippen LogP contribution in [0.25, 0.3) is 0 Å². The van der Waals surface area contributed by atoms with Crippen LogP contribution in [-0.2, 0) is 9.53 Å². The van der Waals surface area contributed by atoms with Crippen molar-refractivity contribution in [2.24, 2.45) is 23.2 Å². The lowest BCUT2D eigenvalue weighted by Gasteiger charge is -2.55. The lowest BCUT2D eigenvalue weighted by atomic mass is 9.49. The van der Waals surface area contributed by atoms with E-state index in [4.69, 9.17) is 4.74 Å². The maximum absolute atomic E-state index is 13.2. The Morgan fingerprint density at radius 3 is 1.91 bits per heavy atom. The lowest BCUT2D eigenvalue weighted by molar-refractivity contribution is -0.181. The van der Waals surface area contributed by atoms with Crippen LogP contribution < -0.4 is 0 Å². The molecule has 0 atom stereocenters. The Bertz CT molecular complexity index is 426. The molecule has 7 heteroatoms. The molecule has 0 aliphatic heterocycles. The van der Waals surface area contributed by atoms with Gasteiger partial charge in [-0.1, -0.05) is 0 Å². The standard InChI is InChI=1S/C15H19BrF4O2/c16-15(19,20)14(17,18)1-2-22-12(21)13-6-9-3-10(7-13)5-11(4-9)8-13/h9-11H,1-8H2. The molecule has 4 aliphatic rings. The highest BCUT2D eigenvalue weighted by Crippen LogP contribution is 2.60. The summed E-state index contributed by atoms with van der Waals surface area (Å²) in [5.74, 6) is -3.08. The summed E-state index contributed by atoms with van der Waals surface area (Å²) in [7, 11) is 0. The van der Waals surface area contributed by atoms with Crippen molar-refractivity contribution in [3.8, 4) is 0 Å². The van der Waals surface area contributed by atoms with Crippen LogP contribution in [0.2, 0.25) is 0 Å². The zero-order valence-electron chi connectivity index (χ0n) is 12.1. The van der Waals surface area contributed by atoms with Gasteiger partial charge in [0, 0.05) is 0 Å². The molecule has 0 saturated heterocycles.